The summed E-state index contributed by atoms with van der Waals surface area (Å²) in [5.41, 5.74) is 1.56. The SMILES string of the molecule is CC1CCC(OCc2ccc(C#N)cc2Cl)CC1. The van der Waals surface area contributed by atoms with Gasteiger partial charge in [-0.05, 0) is 49.3 Å². The largest absolute Gasteiger partial charge is 0.373 e. The minimum absolute atomic E-state index is 0.368. The quantitative estimate of drug-likeness (QED) is 0.814. The fourth-order valence-corrected chi connectivity index (χ4v) is 2.57. The van der Waals surface area contributed by atoms with E-state index in [-0.39, 0.29) is 0 Å². The third-order valence-electron chi connectivity index (χ3n) is 3.62. The molecule has 1 aliphatic carbocycles. The Bertz CT molecular complexity index is 444. The monoisotopic (exact) mass is 263 g/mol. The highest BCUT2D eigenvalue weighted by molar-refractivity contribution is 6.31. The molecule has 1 aromatic rings. The van der Waals surface area contributed by atoms with Crippen molar-refractivity contribution in [3.63, 3.8) is 0 Å². The van der Waals surface area contributed by atoms with Gasteiger partial charge in [0.05, 0.1) is 24.3 Å². The van der Waals surface area contributed by atoms with Gasteiger partial charge in [0.25, 0.3) is 0 Å². The Kier molecular flexibility index (Phi) is 4.63. The summed E-state index contributed by atoms with van der Waals surface area (Å²) in [7, 11) is 0. The second kappa shape index (κ2) is 6.22. The van der Waals surface area contributed by atoms with E-state index in [2.05, 4.69) is 13.0 Å². The van der Waals surface area contributed by atoms with E-state index in [0.717, 1.165) is 24.3 Å². The normalized spacial score (nSPS) is 23.6. The van der Waals surface area contributed by atoms with Crippen molar-refractivity contribution in [1.29, 1.82) is 5.26 Å². The lowest BCUT2D eigenvalue weighted by atomic mass is 9.89. The van der Waals surface area contributed by atoms with E-state index in [4.69, 9.17) is 21.6 Å². The Balaban J connectivity index is 1.89. The van der Waals surface area contributed by atoms with Crippen LogP contribution in [0.1, 0.15) is 43.7 Å². The number of ether oxygens (including phenoxy) is 1. The molecule has 1 fully saturated rings. The Hall–Kier alpha value is -1.04. The van der Waals surface area contributed by atoms with Crippen LogP contribution in [0.2, 0.25) is 5.02 Å². The summed E-state index contributed by atoms with van der Waals surface area (Å²) in [6, 6.07) is 7.44. The van der Waals surface area contributed by atoms with Crippen LogP contribution in [0.4, 0.5) is 0 Å². The summed E-state index contributed by atoms with van der Waals surface area (Å²) in [6.07, 6.45) is 5.18. The zero-order valence-electron chi connectivity index (χ0n) is 10.7. The van der Waals surface area contributed by atoms with Gasteiger partial charge < -0.3 is 4.74 Å². The maximum Gasteiger partial charge on any atom is 0.0992 e. The van der Waals surface area contributed by atoms with Crippen LogP contribution in [0.25, 0.3) is 0 Å². The number of benzene rings is 1. The summed E-state index contributed by atoms with van der Waals surface area (Å²) in [5.74, 6) is 0.836. The number of nitriles is 1. The van der Waals surface area contributed by atoms with Gasteiger partial charge in [0, 0.05) is 5.02 Å². The zero-order chi connectivity index (χ0) is 13.0. The summed E-state index contributed by atoms with van der Waals surface area (Å²) in [4.78, 5) is 0. The average molecular weight is 264 g/mol. The molecule has 0 aromatic heterocycles. The highest BCUT2D eigenvalue weighted by atomic mass is 35.5. The second-order valence-corrected chi connectivity index (χ2v) is 5.52. The second-order valence-electron chi connectivity index (χ2n) is 5.11. The van der Waals surface area contributed by atoms with Crippen LogP contribution < -0.4 is 0 Å². The van der Waals surface area contributed by atoms with Gasteiger partial charge in [-0.15, -0.1) is 0 Å². The number of hydrogen-bond donors (Lipinski definition) is 0. The molecule has 1 aromatic carbocycles. The van der Waals surface area contributed by atoms with E-state index in [1.165, 1.54) is 12.8 Å². The molecule has 1 aliphatic rings. The van der Waals surface area contributed by atoms with E-state index in [0.29, 0.717) is 23.3 Å². The Morgan fingerprint density at radius 1 is 1.33 bits per heavy atom. The average Bonchev–Trinajstić information content (AvgIpc) is 2.39. The summed E-state index contributed by atoms with van der Waals surface area (Å²) in [5, 5.41) is 9.39. The molecule has 0 amide bonds. The third-order valence-corrected chi connectivity index (χ3v) is 3.97. The number of rotatable bonds is 3. The highest BCUT2D eigenvalue weighted by Crippen LogP contribution is 2.27. The van der Waals surface area contributed by atoms with E-state index < -0.39 is 0 Å². The van der Waals surface area contributed by atoms with E-state index in [1.807, 2.05) is 6.07 Å². The molecule has 0 saturated heterocycles. The first-order valence-electron chi connectivity index (χ1n) is 6.49. The molecule has 2 rings (SSSR count). The summed E-state index contributed by atoms with van der Waals surface area (Å²) in [6.45, 7) is 2.84. The van der Waals surface area contributed by atoms with Gasteiger partial charge >= 0.3 is 0 Å². The van der Waals surface area contributed by atoms with Crippen molar-refractivity contribution in [2.75, 3.05) is 0 Å². The topological polar surface area (TPSA) is 33.0 Å². The standard InChI is InChI=1S/C15H18ClNO/c1-11-2-6-14(7-3-11)18-10-13-5-4-12(9-17)8-15(13)16/h4-5,8,11,14H,2-3,6-7,10H2,1H3. The molecule has 1 saturated carbocycles. The van der Waals surface area contributed by atoms with Crippen LogP contribution in [-0.2, 0) is 11.3 Å². The Labute approximate surface area is 114 Å². The van der Waals surface area contributed by atoms with Crippen molar-refractivity contribution < 1.29 is 4.74 Å². The summed E-state index contributed by atoms with van der Waals surface area (Å²) < 4.78 is 5.90. The first-order chi connectivity index (χ1) is 8.69. The van der Waals surface area contributed by atoms with Gasteiger partial charge in [0.2, 0.25) is 0 Å². The van der Waals surface area contributed by atoms with Gasteiger partial charge in [-0.25, -0.2) is 0 Å². The molecule has 96 valence electrons. The molecule has 3 heteroatoms. The zero-order valence-corrected chi connectivity index (χ0v) is 11.4. The maximum atomic E-state index is 8.77. The fraction of sp³-hybridized carbons (Fsp3) is 0.533. The van der Waals surface area contributed by atoms with Gasteiger partial charge in [-0.3, -0.25) is 0 Å². The molecular formula is C15H18ClNO. The lowest BCUT2D eigenvalue weighted by Gasteiger charge is -2.26. The van der Waals surface area contributed by atoms with Crippen LogP contribution in [-0.4, -0.2) is 6.10 Å². The van der Waals surface area contributed by atoms with Gasteiger partial charge in [0.1, 0.15) is 0 Å². The molecule has 0 unspecified atom stereocenters. The molecule has 2 nitrogen and oxygen atoms in total. The van der Waals surface area contributed by atoms with E-state index in [9.17, 15) is 0 Å². The first-order valence-corrected chi connectivity index (χ1v) is 6.87. The van der Waals surface area contributed by atoms with E-state index in [1.54, 1.807) is 12.1 Å². The van der Waals surface area contributed by atoms with Crippen molar-refractivity contribution in [2.24, 2.45) is 5.92 Å². The third kappa shape index (κ3) is 3.48. The van der Waals surface area contributed by atoms with Crippen LogP contribution in [0.5, 0.6) is 0 Å². The van der Waals surface area contributed by atoms with Crippen LogP contribution >= 0.6 is 11.6 Å². The van der Waals surface area contributed by atoms with Crippen molar-refractivity contribution in [1.82, 2.24) is 0 Å². The molecular weight excluding hydrogens is 246 g/mol. The predicted octanol–water partition coefficient (Wildman–Crippen LogP) is 4.31. The van der Waals surface area contributed by atoms with Crippen molar-refractivity contribution in [3.05, 3.63) is 34.3 Å². The molecule has 0 bridgehead atoms. The Morgan fingerprint density at radius 2 is 2.06 bits per heavy atom. The minimum Gasteiger partial charge on any atom is -0.373 e. The minimum atomic E-state index is 0.368. The Morgan fingerprint density at radius 3 is 2.67 bits per heavy atom. The molecule has 0 spiro atoms. The molecule has 18 heavy (non-hydrogen) atoms. The molecule has 0 heterocycles. The molecule has 0 atom stereocenters. The lowest BCUT2D eigenvalue weighted by molar-refractivity contribution is 0.00881. The van der Waals surface area contributed by atoms with Crippen molar-refractivity contribution in [2.45, 2.75) is 45.3 Å². The molecule has 0 radical (unpaired) electrons. The van der Waals surface area contributed by atoms with Gasteiger partial charge in [0.15, 0.2) is 0 Å². The number of hydrogen-bond acceptors (Lipinski definition) is 2. The summed E-state index contributed by atoms with van der Waals surface area (Å²) >= 11 is 6.12. The molecule has 0 aliphatic heterocycles. The lowest BCUT2D eigenvalue weighted by Crippen LogP contribution is -2.20. The highest BCUT2D eigenvalue weighted by Gasteiger charge is 2.18. The maximum absolute atomic E-state index is 8.77. The number of nitrogens with zero attached hydrogens (tertiary/aromatic N) is 1. The first kappa shape index (κ1) is 13.4. The van der Waals surface area contributed by atoms with Crippen LogP contribution in [0, 0.1) is 17.2 Å². The van der Waals surface area contributed by atoms with Gasteiger partial charge in [-0.2, -0.15) is 5.26 Å². The number of halogens is 1. The van der Waals surface area contributed by atoms with Gasteiger partial charge in [-0.1, -0.05) is 24.6 Å². The van der Waals surface area contributed by atoms with Crippen LogP contribution in [0.15, 0.2) is 18.2 Å². The fourth-order valence-electron chi connectivity index (χ4n) is 2.34. The molecule has 0 N–H and O–H groups in total. The van der Waals surface area contributed by atoms with Crippen molar-refractivity contribution >= 4 is 11.6 Å². The predicted molar refractivity (Wildman–Crippen MR) is 72.4 cm³/mol. The van der Waals surface area contributed by atoms with E-state index >= 15 is 0 Å². The smallest absolute Gasteiger partial charge is 0.0992 e. The van der Waals surface area contributed by atoms with Crippen LogP contribution in [0.3, 0.4) is 0 Å². The van der Waals surface area contributed by atoms with Crippen molar-refractivity contribution in [3.8, 4) is 6.07 Å².